The van der Waals surface area contributed by atoms with Crippen LogP contribution in [0.3, 0.4) is 0 Å². The van der Waals surface area contributed by atoms with Crippen molar-refractivity contribution < 1.29 is 36.0 Å². The van der Waals surface area contributed by atoms with Gasteiger partial charge in [0, 0.05) is 25.3 Å². The van der Waals surface area contributed by atoms with Gasteiger partial charge in [-0.3, -0.25) is 0 Å². The first kappa shape index (κ1) is 21.0. The lowest BCUT2D eigenvalue weighted by Crippen LogP contribution is -2.11. The van der Waals surface area contributed by atoms with Crippen LogP contribution in [-0.4, -0.2) is 46.5 Å². The van der Waals surface area contributed by atoms with E-state index < -0.39 is 20.0 Å². The molecule has 0 aliphatic carbocycles. The molecule has 0 heterocycles. The van der Waals surface area contributed by atoms with Crippen molar-refractivity contribution in [2.75, 3.05) is 19.5 Å². The molecule has 0 unspecified atom stereocenters. The third-order valence-corrected chi connectivity index (χ3v) is 5.75. The molecule has 2 N–H and O–H groups in total. The summed E-state index contributed by atoms with van der Waals surface area (Å²) in [5.74, 6) is -0.380. The Morgan fingerprint density at radius 1 is 1.00 bits per heavy atom. The van der Waals surface area contributed by atoms with Gasteiger partial charge in [0.05, 0.1) is 11.5 Å². The van der Waals surface area contributed by atoms with Crippen molar-refractivity contribution in [3.05, 3.63) is 42.0 Å². The monoisotopic (exact) mass is 416 g/mol. The van der Waals surface area contributed by atoms with Gasteiger partial charge < -0.3 is 19.1 Å². The molecule has 0 amide bonds. The van der Waals surface area contributed by atoms with Gasteiger partial charge >= 0.3 is 10.1 Å². The average molecular weight is 416 g/mol. The van der Waals surface area contributed by atoms with Crippen LogP contribution >= 0.6 is 0 Å². The van der Waals surface area contributed by atoms with Gasteiger partial charge in [-0.1, -0.05) is 0 Å². The van der Waals surface area contributed by atoms with Crippen LogP contribution in [-0.2, 0) is 20.0 Å². The number of aromatic hydroxyl groups is 1. The molecule has 0 spiro atoms. The zero-order valence-corrected chi connectivity index (χ0v) is 16.4. The number of hydrogen-bond donors (Lipinski definition) is 2. The lowest BCUT2D eigenvalue weighted by Gasteiger charge is -2.11. The van der Waals surface area contributed by atoms with Crippen molar-refractivity contribution in [3.8, 4) is 17.2 Å². The van der Waals surface area contributed by atoms with E-state index in [0.29, 0.717) is 12.0 Å². The summed E-state index contributed by atoms with van der Waals surface area (Å²) in [6, 6.07) is 7.35. The summed E-state index contributed by atoms with van der Waals surface area (Å²) >= 11 is 0. The van der Waals surface area contributed by atoms with Crippen molar-refractivity contribution in [3.63, 3.8) is 0 Å². The summed E-state index contributed by atoms with van der Waals surface area (Å²) in [5, 5.41) is 18.6. The molecular weight excluding hydrogens is 396 g/mol. The number of benzene rings is 2. The van der Waals surface area contributed by atoms with E-state index in [1.54, 1.807) is 6.92 Å². The molecule has 0 fully saturated rings. The first-order valence-corrected chi connectivity index (χ1v) is 11.2. The van der Waals surface area contributed by atoms with Crippen LogP contribution < -0.4 is 8.92 Å². The minimum absolute atomic E-state index is 0.0633. The Hall–Kier alpha value is -2.30. The molecule has 2 rings (SSSR count). The van der Waals surface area contributed by atoms with E-state index in [-0.39, 0.29) is 40.3 Å². The van der Waals surface area contributed by atoms with E-state index in [9.17, 15) is 21.9 Å². The minimum Gasteiger partial charge on any atom is -0.504 e. The Bertz CT molecular complexity index is 1030. The molecule has 0 atom stereocenters. The summed E-state index contributed by atoms with van der Waals surface area (Å²) in [6.45, 7) is 1.68. The van der Waals surface area contributed by atoms with Crippen molar-refractivity contribution in [1.82, 2.24) is 0 Å². The molecule has 0 aliphatic heterocycles. The summed E-state index contributed by atoms with van der Waals surface area (Å²) in [5.41, 5.74) is 0.440. The maximum absolute atomic E-state index is 12.5. The largest absolute Gasteiger partial charge is 0.504 e. The molecule has 27 heavy (non-hydrogen) atoms. The Balaban J connectivity index is 2.29. The van der Waals surface area contributed by atoms with Crippen LogP contribution in [0.15, 0.2) is 46.2 Å². The third kappa shape index (κ3) is 5.59. The summed E-state index contributed by atoms with van der Waals surface area (Å²) in [4.78, 5) is -0.453. The number of rotatable bonds is 8. The highest BCUT2D eigenvalue weighted by Crippen LogP contribution is 2.32. The van der Waals surface area contributed by atoms with Gasteiger partial charge in [-0.25, -0.2) is 8.42 Å². The Kier molecular flexibility index (Phi) is 6.34. The number of aliphatic hydroxyl groups excluding tert-OH is 1. The molecule has 0 bridgehead atoms. The van der Waals surface area contributed by atoms with Crippen molar-refractivity contribution >= 4 is 20.0 Å². The molecule has 0 saturated carbocycles. The smallest absolute Gasteiger partial charge is 0.339 e. The summed E-state index contributed by atoms with van der Waals surface area (Å²) in [7, 11) is -7.92. The molecular formula is C17H20O8S2. The highest BCUT2D eigenvalue weighted by molar-refractivity contribution is 7.90. The standard InChI is InChI=1S/C17H20O8S2/c1-12-8-14(26(2,20)21)11-15(9-12)27(22,23)25-13-4-5-17(16(19)10-13)24-7-3-6-18/h4-5,8-11,18-19H,3,6-7H2,1-2H3. The number of aliphatic hydroxyl groups is 1. The molecule has 0 aliphatic rings. The van der Waals surface area contributed by atoms with Gasteiger partial charge in [0.25, 0.3) is 0 Å². The first-order valence-electron chi connectivity index (χ1n) is 7.86. The van der Waals surface area contributed by atoms with Crippen molar-refractivity contribution in [2.24, 2.45) is 0 Å². The number of ether oxygens (including phenoxy) is 1. The van der Waals surface area contributed by atoms with E-state index in [1.165, 1.54) is 24.3 Å². The third-order valence-electron chi connectivity index (χ3n) is 3.44. The average Bonchev–Trinajstić information content (AvgIpc) is 2.55. The van der Waals surface area contributed by atoms with Gasteiger partial charge in [0.2, 0.25) is 0 Å². The minimum atomic E-state index is -4.32. The van der Waals surface area contributed by atoms with Crippen LogP contribution in [0, 0.1) is 6.92 Å². The number of hydrogen-bond acceptors (Lipinski definition) is 8. The number of aryl methyl sites for hydroxylation is 1. The van der Waals surface area contributed by atoms with Crippen molar-refractivity contribution in [1.29, 1.82) is 0 Å². The highest BCUT2D eigenvalue weighted by atomic mass is 32.2. The first-order chi connectivity index (χ1) is 12.5. The molecule has 2 aromatic rings. The van der Waals surface area contributed by atoms with Gasteiger partial charge in [-0.15, -0.1) is 0 Å². The predicted molar refractivity (Wildman–Crippen MR) is 97.4 cm³/mol. The molecule has 0 aromatic heterocycles. The molecule has 10 heteroatoms. The molecule has 8 nitrogen and oxygen atoms in total. The lowest BCUT2D eigenvalue weighted by molar-refractivity contribution is 0.229. The second-order valence-electron chi connectivity index (χ2n) is 5.85. The quantitative estimate of drug-likeness (QED) is 0.491. The zero-order valence-electron chi connectivity index (χ0n) is 14.7. The van der Waals surface area contributed by atoms with E-state index in [1.807, 2.05) is 0 Å². The topological polar surface area (TPSA) is 127 Å². The number of phenolic OH excluding ortho intramolecular Hbond substituents is 1. The predicted octanol–water partition coefficient (Wildman–Crippen LogP) is 1.63. The summed E-state index contributed by atoms with van der Waals surface area (Å²) in [6.07, 6.45) is 1.36. The molecule has 148 valence electrons. The SMILES string of the molecule is Cc1cc(S(C)(=O)=O)cc(S(=O)(=O)Oc2ccc(OCCCO)c(O)c2)c1. The fourth-order valence-corrected chi connectivity index (χ4v) is 4.04. The Morgan fingerprint density at radius 2 is 1.67 bits per heavy atom. The van der Waals surface area contributed by atoms with Crippen LogP contribution in [0.5, 0.6) is 17.2 Å². The van der Waals surface area contributed by atoms with Gasteiger partial charge in [-0.2, -0.15) is 8.42 Å². The normalized spacial score (nSPS) is 12.0. The Morgan fingerprint density at radius 3 is 2.26 bits per heavy atom. The number of phenols is 1. The van der Waals surface area contributed by atoms with Crippen LogP contribution in [0.2, 0.25) is 0 Å². The maximum Gasteiger partial charge on any atom is 0.339 e. The van der Waals surface area contributed by atoms with Gasteiger partial charge in [0.1, 0.15) is 10.6 Å². The van der Waals surface area contributed by atoms with E-state index in [0.717, 1.165) is 18.4 Å². The van der Waals surface area contributed by atoms with Crippen LogP contribution in [0.4, 0.5) is 0 Å². The highest BCUT2D eigenvalue weighted by Gasteiger charge is 2.21. The maximum atomic E-state index is 12.5. The fourth-order valence-electron chi connectivity index (χ4n) is 2.16. The zero-order chi connectivity index (χ0) is 20.2. The molecule has 2 aromatic carbocycles. The van der Waals surface area contributed by atoms with Gasteiger partial charge in [-0.05, 0) is 42.8 Å². The van der Waals surface area contributed by atoms with Crippen molar-refractivity contribution in [2.45, 2.75) is 23.1 Å². The molecule has 0 radical (unpaired) electrons. The Labute approximate surface area is 158 Å². The van der Waals surface area contributed by atoms with E-state index in [2.05, 4.69) is 0 Å². The lowest BCUT2D eigenvalue weighted by atomic mass is 10.2. The second kappa shape index (κ2) is 8.15. The van der Waals surface area contributed by atoms with E-state index >= 15 is 0 Å². The fraction of sp³-hybridized carbons (Fsp3) is 0.294. The van der Waals surface area contributed by atoms with E-state index in [4.69, 9.17) is 14.0 Å². The van der Waals surface area contributed by atoms with Crippen LogP contribution in [0.25, 0.3) is 0 Å². The van der Waals surface area contributed by atoms with Gasteiger partial charge in [0.15, 0.2) is 21.3 Å². The second-order valence-corrected chi connectivity index (χ2v) is 9.41. The number of sulfone groups is 1. The van der Waals surface area contributed by atoms with Crippen LogP contribution in [0.1, 0.15) is 12.0 Å². The molecule has 0 saturated heterocycles. The summed E-state index contributed by atoms with van der Waals surface area (Å²) < 4.78 is 58.6.